The highest BCUT2D eigenvalue weighted by atomic mass is 16.4. The number of likely N-dealkylation sites (tertiary alicyclic amines) is 1. The fourth-order valence-electron chi connectivity index (χ4n) is 3.67. The Bertz CT molecular complexity index is 519. The first-order valence-electron chi connectivity index (χ1n) is 7.68. The van der Waals surface area contributed by atoms with Gasteiger partial charge in [-0.25, -0.2) is 4.98 Å². The topological polar surface area (TPSA) is 58.4 Å². The van der Waals surface area contributed by atoms with Crippen LogP contribution in [0.25, 0.3) is 0 Å². The van der Waals surface area contributed by atoms with E-state index in [9.17, 15) is 9.90 Å². The molecule has 1 N–H and O–H groups in total. The normalized spacial score (nSPS) is 30.8. The molecule has 2 atom stereocenters. The van der Waals surface area contributed by atoms with Gasteiger partial charge in [-0.2, -0.15) is 0 Å². The van der Waals surface area contributed by atoms with Gasteiger partial charge in [0.05, 0.1) is 17.9 Å². The van der Waals surface area contributed by atoms with Crippen molar-refractivity contribution in [1.29, 1.82) is 0 Å². The van der Waals surface area contributed by atoms with Crippen LogP contribution in [-0.2, 0) is 11.3 Å². The molecule has 108 valence electrons. The number of nitrogens with zero attached hydrogens (tertiary/aromatic N) is 3. The number of carbonyl (C=O) groups is 1. The third-order valence-corrected chi connectivity index (χ3v) is 5.06. The molecule has 5 nitrogen and oxygen atoms in total. The number of rotatable bonds is 5. The number of hydrogen-bond acceptors (Lipinski definition) is 3. The van der Waals surface area contributed by atoms with Gasteiger partial charge in [0.25, 0.3) is 0 Å². The van der Waals surface area contributed by atoms with Crippen LogP contribution in [-0.4, -0.2) is 38.6 Å². The van der Waals surface area contributed by atoms with Crippen LogP contribution in [0.1, 0.15) is 37.4 Å². The lowest BCUT2D eigenvalue weighted by Gasteiger charge is -2.16. The molecule has 5 heteroatoms. The highest BCUT2D eigenvalue weighted by Crippen LogP contribution is 2.44. The Hall–Kier alpha value is -1.36. The van der Waals surface area contributed by atoms with Gasteiger partial charge in [-0.1, -0.05) is 0 Å². The molecule has 3 aliphatic rings. The van der Waals surface area contributed by atoms with Gasteiger partial charge in [-0.15, -0.1) is 0 Å². The lowest BCUT2D eigenvalue weighted by molar-refractivity contribution is -0.142. The van der Waals surface area contributed by atoms with Gasteiger partial charge >= 0.3 is 5.97 Å². The summed E-state index contributed by atoms with van der Waals surface area (Å²) in [6, 6.07) is 0.643. The number of carboxylic acids is 1. The molecular weight excluding hydrogens is 254 g/mol. The first-order valence-corrected chi connectivity index (χ1v) is 7.68. The number of imidazole rings is 1. The molecule has 1 aromatic rings. The summed E-state index contributed by atoms with van der Waals surface area (Å²) in [6.45, 7) is 2.49. The number of carboxylic acid groups (broad SMARTS) is 1. The van der Waals surface area contributed by atoms with E-state index >= 15 is 0 Å². The first kappa shape index (κ1) is 12.4. The van der Waals surface area contributed by atoms with Gasteiger partial charge in [0.15, 0.2) is 0 Å². The maximum atomic E-state index is 11.4. The second-order valence-electron chi connectivity index (χ2n) is 6.66. The largest absolute Gasteiger partial charge is 0.481 e. The summed E-state index contributed by atoms with van der Waals surface area (Å²) >= 11 is 0. The molecule has 0 unspecified atom stereocenters. The molecule has 1 aromatic heterocycles. The van der Waals surface area contributed by atoms with Crippen molar-refractivity contribution in [2.24, 2.45) is 17.8 Å². The van der Waals surface area contributed by atoms with Gasteiger partial charge in [0.2, 0.25) is 0 Å². The summed E-state index contributed by atoms with van der Waals surface area (Å²) in [6.07, 6.45) is 8.83. The second-order valence-corrected chi connectivity index (χ2v) is 6.66. The van der Waals surface area contributed by atoms with Crippen LogP contribution in [0.3, 0.4) is 0 Å². The van der Waals surface area contributed by atoms with Crippen molar-refractivity contribution in [3.05, 3.63) is 18.2 Å². The molecular formula is C15H21N3O2. The minimum atomic E-state index is -0.611. The summed E-state index contributed by atoms with van der Waals surface area (Å²) in [5.41, 5.74) is 1.24. The van der Waals surface area contributed by atoms with E-state index in [4.69, 9.17) is 0 Å². The summed E-state index contributed by atoms with van der Waals surface area (Å²) in [5, 5.41) is 9.41. The van der Waals surface area contributed by atoms with Gasteiger partial charge < -0.3 is 9.67 Å². The Morgan fingerprint density at radius 3 is 2.75 bits per heavy atom. The standard InChI is InChI=1S/C15H21N3O2/c19-15(20)14-8-17(7-13(14)10-1-2-10)6-12-5-16-9-18(12)11-3-4-11/h5,9-11,13-14H,1-4,6-8H2,(H,19,20)/t13-,14+/m0/s1. The van der Waals surface area contributed by atoms with Crippen molar-refractivity contribution in [2.75, 3.05) is 13.1 Å². The molecule has 2 heterocycles. The number of aliphatic carboxylic acids is 1. The van der Waals surface area contributed by atoms with E-state index in [0.29, 0.717) is 24.4 Å². The predicted molar refractivity (Wildman–Crippen MR) is 73.1 cm³/mol. The van der Waals surface area contributed by atoms with Gasteiger partial charge in [0, 0.05) is 31.9 Å². The van der Waals surface area contributed by atoms with Crippen LogP contribution in [0.2, 0.25) is 0 Å². The molecule has 0 radical (unpaired) electrons. The Morgan fingerprint density at radius 2 is 2.10 bits per heavy atom. The Kier molecular flexibility index (Phi) is 2.84. The quantitative estimate of drug-likeness (QED) is 0.889. The van der Waals surface area contributed by atoms with Gasteiger partial charge in [-0.3, -0.25) is 9.69 Å². The minimum absolute atomic E-state index is 0.167. The third kappa shape index (κ3) is 2.24. The van der Waals surface area contributed by atoms with E-state index in [1.165, 1.54) is 31.4 Å². The molecule has 20 heavy (non-hydrogen) atoms. The average molecular weight is 275 g/mol. The molecule has 0 spiro atoms. The molecule has 2 saturated carbocycles. The van der Waals surface area contributed by atoms with E-state index in [2.05, 4.69) is 14.5 Å². The van der Waals surface area contributed by atoms with Gasteiger partial charge in [0.1, 0.15) is 0 Å². The van der Waals surface area contributed by atoms with Crippen molar-refractivity contribution >= 4 is 5.97 Å². The Labute approximate surface area is 118 Å². The smallest absolute Gasteiger partial charge is 0.308 e. The maximum Gasteiger partial charge on any atom is 0.308 e. The molecule has 0 aromatic carbocycles. The summed E-state index contributed by atoms with van der Waals surface area (Å²) in [4.78, 5) is 18.0. The first-order chi connectivity index (χ1) is 9.72. The Morgan fingerprint density at radius 1 is 1.30 bits per heavy atom. The van der Waals surface area contributed by atoms with Crippen LogP contribution in [0, 0.1) is 17.8 Å². The van der Waals surface area contributed by atoms with E-state index in [-0.39, 0.29) is 5.92 Å². The predicted octanol–water partition coefficient (Wildman–Crippen LogP) is 1.76. The Balaban J connectivity index is 1.46. The molecule has 1 aliphatic heterocycles. The van der Waals surface area contributed by atoms with E-state index in [1.54, 1.807) is 0 Å². The van der Waals surface area contributed by atoms with Crippen LogP contribution < -0.4 is 0 Å². The average Bonchev–Trinajstić information content (AvgIpc) is 3.35. The maximum absolute atomic E-state index is 11.4. The monoisotopic (exact) mass is 275 g/mol. The van der Waals surface area contributed by atoms with Crippen LogP contribution in [0.5, 0.6) is 0 Å². The zero-order valence-electron chi connectivity index (χ0n) is 11.6. The lowest BCUT2D eigenvalue weighted by Crippen LogP contribution is -2.24. The second kappa shape index (κ2) is 4.58. The van der Waals surface area contributed by atoms with Crippen molar-refractivity contribution in [1.82, 2.24) is 14.5 Å². The van der Waals surface area contributed by atoms with Crippen LogP contribution in [0.15, 0.2) is 12.5 Å². The lowest BCUT2D eigenvalue weighted by atomic mass is 9.92. The highest BCUT2D eigenvalue weighted by molar-refractivity contribution is 5.71. The van der Waals surface area contributed by atoms with E-state index in [1.807, 2.05) is 12.5 Å². The molecule has 2 aliphatic carbocycles. The van der Waals surface area contributed by atoms with Crippen LogP contribution >= 0.6 is 0 Å². The SMILES string of the molecule is O=C(O)[C@@H]1CN(Cc2cncn2C2CC2)C[C@H]1C1CC1. The number of aromatic nitrogens is 2. The van der Waals surface area contributed by atoms with Crippen molar-refractivity contribution < 1.29 is 9.90 Å². The molecule has 4 rings (SSSR count). The minimum Gasteiger partial charge on any atom is -0.481 e. The fourth-order valence-corrected chi connectivity index (χ4v) is 3.67. The van der Waals surface area contributed by atoms with Crippen molar-refractivity contribution in [3.63, 3.8) is 0 Å². The summed E-state index contributed by atoms with van der Waals surface area (Å²) in [5.74, 6) is 0.249. The number of hydrogen-bond donors (Lipinski definition) is 1. The molecule has 0 bridgehead atoms. The fraction of sp³-hybridized carbons (Fsp3) is 0.733. The van der Waals surface area contributed by atoms with Gasteiger partial charge in [-0.05, 0) is 37.5 Å². The molecule has 1 saturated heterocycles. The summed E-state index contributed by atoms with van der Waals surface area (Å²) < 4.78 is 2.28. The van der Waals surface area contributed by atoms with E-state index < -0.39 is 5.97 Å². The summed E-state index contributed by atoms with van der Waals surface area (Å²) in [7, 11) is 0. The van der Waals surface area contributed by atoms with E-state index in [0.717, 1.165) is 13.1 Å². The molecule has 3 fully saturated rings. The zero-order chi connectivity index (χ0) is 13.7. The molecule has 0 amide bonds. The van der Waals surface area contributed by atoms with Crippen molar-refractivity contribution in [2.45, 2.75) is 38.3 Å². The van der Waals surface area contributed by atoms with Crippen LogP contribution in [0.4, 0.5) is 0 Å². The highest BCUT2D eigenvalue weighted by Gasteiger charge is 2.45. The third-order valence-electron chi connectivity index (χ3n) is 5.06. The van der Waals surface area contributed by atoms with Crippen molar-refractivity contribution in [3.8, 4) is 0 Å². The zero-order valence-corrected chi connectivity index (χ0v) is 11.6.